The van der Waals surface area contributed by atoms with Crippen molar-refractivity contribution in [3.63, 3.8) is 0 Å². The topological polar surface area (TPSA) is 108 Å². The molecule has 33 heavy (non-hydrogen) atoms. The average Bonchev–Trinajstić information content (AvgIpc) is 2.92. The molecule has 6 rings (SSSR count). The number of phenolic OH excluding ortho intramolecular Hbond substituents is 1. The highest BCUT2D eigenvalue weighted by atomic mass is 16.7. The quantitative estimate of drug-likeness (QED) is 0.397. The zero-order valence-electron chi connectivity index (χ0n) is 19.0. The SMILES string of the molecule is COCOc1cc(O)c2c(c1)OC13C(=CC4CC1C(C)(C)OC3(C/C=C(\C)C=O)C4=O)C2=O. The van der Waals surface area contributed by atoms with Gasteiger partial charge in [0.15, 0.2) is 29.6 Å². The van der Waals surface area contributed by atoms with Gasteiger partial charge in [0.05, 0.1) is 5.60 Å². The van der Waals surface area contributed by atoms with Crippen LogP contribution in [0.1, 0.15) is 44.0 Å². The summed E-state index contributed by atoms with van der Waals surface area (Å²) in [6.45, 7) is 5.39. The van der Waals surface area contributed by atoms with Gasteiger partial charge in [-0.2, -0.15) is 0 Å². The van der Waals surface area contributed by atoms with Crippen molar-refractivity contribution in [2.24, 2.45) is 11.8 Å². The molecule has 5 aliphatic rings. The molecule has 0 radical (unpaired) electrons. The molecule has 4 unspecified atom stereocenters. The monoisotopic (exact) mass is 454 g/mol. The number of fused-ring (bicyclic) bond motifs is 1. The number of rotatable bonds is 6. The molecule has 1 saturated carbocycles. The van der Waals surface area contributed by atoms with Gasteiger partial charge in [-0.1, -0.05) is 12.2 Å². The van der Waals surface area contributed by atoms with Crippen molar-refractivity contribution in [2.75, 3.05) is 13.9 Å². The Morgan fingerprint density at radius 2 is 2.06 bits per heavy atom. The molecule has 174 valence electrons. The Labute approximate surface area is 191 Å². The van der Waals surface area contributed by atoms with Crippen molar-refractivity contribution >= 4 is 17.9 Å². The minimum atomic E-state index is -1.47. The number of phenols is 1. The summed E-state index contributed by atoms with van der Waals surface area (Å²) in [5.41, 5.74) is -2.79. The lowest BCUT2D eigenvalue weighted by Gasteiger charge is -2.56. The maximum atomic E-state index is 13.7. The zero-order chi connectivity index (χ0) is 23.8. The van der Waals surface area contributed by atoms with Crippen LogP contribution in [0.15, 0.2) is 35.4 Å². The number of hydrogen-bond acceptors (Lipinski definition) is 8. The van der Waals surface area contributed by atoms with E-state index >= 15 is 0 Å². The van der Waals surface area contributed by atoms with Crippen molar-refractivity contribution in [2.45, 2.75) is 50.4 Å². The van der Waals surface area contributed by atoms with Gasteiger partial charge in [0.1, 0.15) is 29.1 Å². The van der Waals surface area contributed by atoms with Crippen LogP contribution in [0.4, 0.5) is 0 Å². The summed E-state index contributed by atoms with van der Waals surface area (Å²) in [5, 5.41) is 10.6. The van der Waals surface area contributed by atoms with Gasteiger partial charge in [0.2, 0.25) is 0 Å². The number of allylic oxidation sites excluding steroid dienone is 2. The molecule has 8 heteroatoms. The maximum absolute atomic E-state index is 13.7. The van der Waals surface area contributed by atoms with Gasteiger partial charge in [-0.25, -0.2) is 0 Å². The predicted octanol–water partition coefficient (Wildman–Crippen LogP) is 2.92. The zero-order valence-corrected chi connectivity index (χ0v) is 19.0. The van der Waals surface area contributed by atoms with E-state index in [4.69, 9.17) is 18.9 Å². The Kier molecular flexibility index (Phi) is 4.64. The number of benzene rings is 1. The number of ether oxygens (including phenoxy) is 4. The van der Waals surface area contributed by atoms with E-state index in [0.717, 1.165) is 0 Å². The summed E-state index contributed by atoms with van der Waals surface area (Å²) in [6.07, 6.45) is 4.64. The van der Waals surface area contributed by atoms with Gasteiger partial charge >= 0.3 is 0 Å². The second kappa shape index (κ2) is 7.01. The highest BCUT2D eigenvalue weighted by molar-refractivity contribution is 6.18. The van der Waals surface area contributed by atoms with E-state index in [9.17, 15) is 19.5 Å². The van der Waals surface area contributed by atoms with Crippen molar-refractivity contribution < 1.29 is 38.4 Å². The summed E-state index contributed by atoms with van der Waals surface area (Å²) >= 11 is 0. The fourth-order valence-corrected chi connectivity index (χ4v) is 6.09. The molecule has 1 saturated heterocycles. The van der Waals surface area contributed by atoms with Crippen molar-refractivity contribution in [1.82, 2.24) is 0 Å². The van der Waals surface area contributed by atoms with E-state index in [1.165, 1.54) is 19.2 Å². The molecule has 1 aromatic carbocycles. The lowest BCUT2D eigenvalue weighted by atomic mass is 9.51. The fourth-order valence-electron chi connectivity index (χ4n) is 6.09. The molecule has 8 nitrogen and oxygen atoms in total. The highest BCUT2D eigenvalue weighted by Crippen LogP contribution is 2.67. The number of ketones is 2. The Morgan fingerprint density at radius 3 is 2.76 bits per heavy atom. The van der Waals surface area contributed by atoms with Gasteiger partial charge in [-0.3, -0.25) is 14.4 Å². The largest absolute Gasteiger partial charge is 0.507 e. The Morgan fingerprint density at radius 1 is 1.30 bits per heavy atom. The molecule has 3 aliphatic carbocycles. The van der Waals surface area contributed by atoms with E-state index < -0.39 is 28.5 Å². The molecular formula is C25H26O8. The normalized spacial score (nSPS) is 33.2. The molecule has 1 spiro atoms. The highest BCUT2D eigenvalue weighted by Gasteiger charge is 2.81. The first kappa shape index (κ1) is 21.9. The predicted molar refractivity (Wildman–Crippen MR) is 115 cm³/mol. The van der Waals surface area contributed by atoms with Crippen molar-refractivity contribution in [3.8, 4) is 17.2 Å². The van der Waals surface area contributed by atoms with Crippen LogP contribution in [0.3, 0.4) is 0 Å². The van der Waals surface area contributed by atoms with Gasteiger partial charge in [0.25, 0.3) is 0 Å². The van der Waals surface area contributed by atoms with Gasteiger partial charge < -0.3 is 24.1 Å². The Balaban J connectivity index is 1.73. The molecule has 1 aromatic rings. The minimum absolute atomic E-state index is 0.0311. The minimum Gasteiger partial charge on any atom is -0.507 e. The lowest BCUT2D eigenvalue weighted by molar-refractivity contribution is -0.171. The van der Waals surface area contributed by atoms with E-state index in [2.05, 4.69) is 0 Å². The summed E-state index contributed by atoms with van der Waals surface area (Å²) in [5.74, 6) is -1.22. The Bertz CT molecular complexity index is 1150. The smallest absolute Gasteiger partial charge is 0.200 e. The van der Waals surface area contributed by atoms with Crippen LogP contribution < -0.4 is 9.47 Å². The molecular weight excluding hydrogens is 428 g/mol. The summed E-state index contributed by atoms with van der Waals surface area (Å²) in [6, 6.07) is 2.86. The lowest BCUT2D eigenvalue weighted by Crippen LogP contribution is -2.72. The molecule has 0 aromatic heterocycles. The number of aldehydes is 1. The molecule has 1 N–H and O–H groups in total. The number of Topliss-reactive ketones (excluding diaryl/α,β-unsaturated/α-hetero) is 2. The summed E-state index contributed by atoms with van der Waals surface area (Å²) in [4.78, 5) is 38.7. The van der Waals surface area contributed by atoms with Crippen LogP contribution in [0.5, 0.6) is 17.2 Å². The van der Waals surface area contributed by atoms with E-state index in [1.54, 1.807) is 19.1 Å². The van der Waals surface area contributed by atoms with Crippen LogP contribution >= 0.6 is 0 Å². The van der Waals surface area contributed by atoms with E-state index in [-0.39, 0.29) is 47.7 Å². The molecule has 2 heterocycles. The van der Waals surface area contributed by atoms with Crippen LogP contribution in [-0.4, -0.2) is 53.7 Å². The third-order valence-corrected chi connectivity index (χ3v) is 7.40. The fraction of sp³-hybridized carbons (Fsp3) is 0.480. The number of carbonyl (C=O) groups excluding carboxylic acids is 3. The van der Waals surface area contributed by atoms with Gasteiger partial charge in [0, 0.05) is 43.1 Å². The number of methoxy groups -OCH3 is 1. The number of hydrogen-bond donors (Lipinski definition) is 1. The standard InChI is InChI=1S/C25H26O8/c1-13(11-26)5-6-24-22(29)14-7-16-21(28)20-17(27)9-15(31-12-30-4)10-18(20)32-25(16,24)19(8-14)23(2,3)33-24/h5,7,9-11,14,19,27H,6,8,12H2,1-4H3/b13-5+. The van der Waals surface area contributed by atoms with E-state index in [1.807, 2.05) is 13.8 Å². The summed E-state index contributed by atoms with van der Waals surface area (Å²) < 4.78 is 23.5. The summed E-state index contributed by atoms with van der Waals surface area (Å²) in [7, 11) is 1.47. The molecule has 0 amide bonds. The molecule has 2 aliphatic heterocycles. The molecule has 4 bridgehead atoms. The second-order valence-electron chi connectivity index (χ2n) is 9.68. The third-order valence-electron chi connectivity index (χ3n) is 7.40. The third kappa shape index (κ3) is 2.68. The second-order valence-corrected chi connectivity index (χ2v) is 9.68. The van der Waals surface area contributed by atoms with Crippen LogP contribution in [0, 0.1) is 11.8 Å². The average molecular weight is 454 g/mol. The van der Waals surface area contributed by atoms with Crippen LogP contribution in [0.25, 0.3) is 0 Å². The van der Waals surface area contributed by atoms with Crippen molar-refractivity contribution in [3.05, 3.63) is 41.0 Å². The molecule has 2 fully saturated rings. The Hall–Kier alpha value is -2.97. The van der Waals surface area contributed by atoms with Gasteiger partial charge in [-0.15, -0.1) is 0 Å². The first-order chi connectivity index (χ1) is 15.6. The maximum Gasteiger partial charge on any atom is 0.200 e. The first-order valence-corrected chi connectivity index (χ1v) is 10.9. The van der Waals surface area contributed by atoms with Crippen LogP contribution in [0.2, 0.25) is 0 Å². The number of carbonyl (C=O) groups is 3. The number of aromatic hydroxyl groups is 1. The molecule has 4 atom stereocenters. The van der Waals surface area contributed by atoms with Crippen molar-refractivity contribution in [1.29, 1.82) is 0 Å². The van der Waals surface area contributed by atoms with E-state index in [0.29, 0.717) is 23.9 Å². The van der Waals surface area contributed by atoms with Crippen LogP contribution in [-0.2, 0) is 19.1 Å². The van der Waals surface area contributed by atoms with Gasteiger partial charge in [-0.05, 0) is 32.8 Å². The first-order valence-electron chi connectivity index (χ1n) is 10.9.